The molecule has 0 spiro atoms. The Morgan fingerprint density at radius 2 is 1.35 bits per heavy atom. The summed E-state index contributed by atoms with van der Waals surface area (Å²) in [5, 5.41) is 0. The van der Waals surface area contributed by atoms with Crippen molar-refractivity contribution in [1.82, 2.24) is 19.7 Å². The Balaban J connectivity index is 1.15. The third kappa shape index (κ3) is 4.71. The summed E-state index contributed by atoms with van der Waals surface area (Å²) in [5.41, 5.74) is 5.43. The molecule has 0 saturated carbocycles. The van der Waals surface area contributed by atoms with Gasteiger partial charge in [0.15, 0.2) is 0 Å². The molecule has 37 heavy (non-hydrogen) atoms. The first-order valence-corrected chi connectivity index (χ1v) is 13.9. The van der Waals surface area contributed by atoms with Gasteiger partial charge in [0.05, 0.1) is 17.3 Å². The minimum atomic E-state index is 0.155. The number of pyridine rings is 1. The molecule has 2 atom stereocenters. The molecule has 3 fully saturated rings. The molecule has 3 aliphatic heterocycles. The second kappa shape index (κ2) is 10.4. The van der Waals surface area contributed by atoms with Crippen molar-refractivity contribution in [3.8, 4) is 0 Å². The maximum absolute atomic E-state index is 13.3. The molecule has 2 unspecified atom stereocenters. The number of piperidine rings is 1. The fourth-order valence-electron chi connectivity index (χ4n) is 7.20. The van der Waals surface area contributed by atoms with Gasteiger partial charge < -0.3 is 4.90 Å². The zero-order valence-electron chi connectivity index (χ0n) is 22.1. The molecule has 0 N–H and O–H groups in total. The number of rotatable bonds is 5. The fraction of sp³-hybridized carbons (Fsp3) is 0.438. The van der Waals surface area contributed by atoms with E-state index in [4.69, 9.17) is 0 Å². The first-order chi connectivity index (χ1) is 18.1. The lowest BCUT2D eigenvalue weighted by atomic mass is 9.94. The molecule has 2 bridgehead atoms. The van der Waals surface area contributed by atoms with Crippen molar-refractivity contribution in [3.63, 3.8) is 0 Å². The van der Waals surface area contributed by atoms with E-state index in [-0.39, 0.29) is 5.91 Å². The Hall–Kier alpha value is -3.02. The smallest absolute Gasteiger partial charge is 0.255 e. The zero-order chi connectivity index (χ0) is 25.4. The summed E-state index contributed by atoms with van der Waals surface area (Å²) in [4.78, 5) is 25.3. The monoisotopic (exact) mass is 494 g/mol. The van der Waals surface area contributed by atoms with Crippen LogP contribution in [0.4, 0.5) is 0 Å². The highest BCUT2D eigenvalue weighted by Crippen LogP contribution is 2.40. The van der Waals surface area contributed by atoms with Crippen molar-refractivity contribution in [2.75, 3.05) is 26.2 Å². The second-order valence-corrected chi connectivity index (χ2v) is 11.1. The van der Waals surface area contributed by atoms with Gasteiger partial charge >= 0.3 is 0 Å². The largest absolute Gasteiger partial charge is 0.338 e. The highest BCUT2D eigenvalue weighted by Gasteiger charge is 2.45. The standard InChI is InChI=1S/C32H38N4O/c1-23-15-18-33-24(2)30(23)32(37)34-19-16-27(17-20-34)36-28-13-14-29(36)22-35(21-28)31(25-9-5-3-6-10-25)26-11-7-4-8-12-26/h3-12,15,18,27-29,31H,13-14,16-17,19-22H2,1-2H3. The number of hydrogen-bond acceptors (Lipinski definition) is 4. The van der Waals surface area contributed by atoms with E-state index in [1.165, 1.54) is 24.0 Å². The predicted molar refractivity (Wildman–Crippen MR) is 148 cm³/mol. The van der Waals surface area contributed by atoms with Crippen LogP contribution in [0.25, 0.3) is 0 Å². The van der Waals surface area contributed by atoms with Crippen LogP contribution in [0.5, 0.6) is 0 Å². The van der Waals surface area contributed by atoms with Gasteiger partial charge in [-0.15, -0.1) is 0 Å². The molecule has 5 heteroatoms. The third-order valence-electron chi connectivity index (χ3n) is 8.90. The number of aryl methyl sites for hydroxylation is 2. The summed E-state index contributed by atoms with van der Waals surface area (Å²) in [5.74, 6) is 0.155. The van der Waals surface area contributed by atoms with Crippen LogP contribution in [-0.2, 0) is 0 Å². The number of fused-ring (bicyclic) bond motifs is 2. The summed E-state index contributed by atoms with van der Waals surface area (Å²) in [6.07, 6.45) is 6.49. The lowest BCUT2D eigenvalue weighted by Gasteiger charge is -2.49. The van der Waals surface area contributed by atoms with Gasteiger partial charge in [0.25, 0.3) is 5.91 Å². The summed E-state index contributed by atoms with van der Waals surface area (Å²) in [6, 6.07) is 26.0. The van der Waals surface area contributed by atoms with Gasteiger partial charge in [-0.25, -0.2) is 0 Å². The van der Waals surface area contributed by atoms with Crippen LogP contribution in [0.15, 0.2) is 72.9 Å². The van der Waals surface area contributed by atoms with E-state index >= 15 is 0 Å². The van der Waals surface area contributed by atoms with E-state index in [0.29, 0.717) is 24.2 Å². The number of amides is 1. The van der Waals surface area contributed by atoms with Crippen LogP contribution in [0.2, 0.25) is 0 Å². The fourth-order valence-corrected chi connectivity index (χ4v) is 7.20. The summed E-state index contributed by atoms with van der Waals surface area (Å²) in [7, 11) is 0. The van der Waals surface area contributed by atoms with Crippen molar-refractivity contribution < 1.29 is 4.79 Å². The molecule has 3 aliphatic rings. The van der Waals surface area contributed by atoms with Crippen LogP contribution in [0, 0.1) is 13.8 Å². The topological polar surface area (TPSA) is 39.7 Å². The molecule has 192 valence electrons. The SMILES string of the molecule is Cc1ccnc(C)c1C(=O)N1CCC(N2C3CCC2CN(C(c2ccccc2)c2ccccc2)C3)CC1. The number of hydrogen-bond donors (Lipinski definition) is 0. The Kier molecular flexibility index (Phi) is 6.83. The predicted octanol–water partition coefficient (Wildman–Crippen LogP) is 5.24. The quantitative estimate of drug-likeness (QED) is 0.486. The number of carbonyl (C=O) groups excluding carboxylic acids is 1. The number of aromatic nitrogens is 1. The number of nitrogens with zero attached hydrogens (tertiary/aromatic N) is 4. The van der Waals surface area contributed by atoms with E-state index in [1.54, 1.807) is 6.20 Å². The lowest BCUT2D eigenvalue weighted by Crippen LogP contribution is -2.59. The minimum Gasteiger partial charge on any atom is -0.338 e. The number of benzene rings is 2. The molecule has 3 saturated heterocycles. The van der Waals surface area contributed by atoms with Gasteiger partial charge in [0, 0.05) is 50.5 Å². The molecule has 5 nitrogen and oxygen atoms in total. The van der Waals surface area contributed by atoms with Crippen molar-refractivity contribution in [3.05, 3.63) is 101 Å². The lowest BCUT2D eigenvalue weighted by molar-refractivity contribution is -0.000420. The molecule has 0 radical (unpaired) electrons. The minimum absolute atomic E-state index is 0.155. The molecule has 3 aromatic rings. The first-order valence-electron chi connectivity index (χ1n) is 13.9. The highest BCUT2D eigenvalue weighted by molar-refractivity contribution is 5.96. The maximum atomic E-state index is 13.3. The Morgan fingerprint density at radius 3 is 1.89 bits per heavy atom. The van der Waals surface area contributed by atoms with E-state index in [9.17, 15) is 4.79 Å². The Labute approximate surface area is 221 Å². The Bertz CT molecular complexity index is 1150. The van der Waals surface area contributed by atoms with Crippen LogP contribution >= 0.6 is 0 Å². The molecular weight excluding hydrogens is 456 g/mol. The van der Waals surface area contributed by atoms with Crippen LogP contribution in [0.1, 0.15) is 64.5 Å². The van der Waals surface area contributed by atoms with Crippen LogP contribution in [0.3, 0.4) is 0 Å². The second-order valence-electron chi connectivity index (χ2n) is 11.1. The number of carbonyl (C=O) groups is 1. The summed E-state index contributed by atoms with van der Waals surface area (Å²) < 4.78 is 0. The normalized spacial score (nSPS) is 23.1. The molecule has 2 aromatic carbocycles. The van der Waals surface area contributed by atoms with Gasteiger partial charge in [0.2, 0.25) is 0 Å². The van der Waals surface area contributed by atoms with Crippen molar-refractivity contribution in [2.24, 2.45) is 0 Å². The van der Waals surface area contributed by atoms with E-state index in [2.05, 4.69) is 80.3 Å². The maximum Gasteiger partial charge on any atom is 0.255 e. The summed E-state index contributed by atoms with van der Waals surface area (Å²) in [6.45, 7) is 7.86. The van der Waals surface area contributed by atoms with Gasteiger partial charge in [-0.1, -0.05) is 60.7 Å². The average Bonchev–Trinajstić information content (AvgIpc) is 3.19. The van der Waals surface area contributed by atoms with Gasteiger partial charge in [-0.3, -0.25) is 19.6 Å². The molecule has 6 rings (SSSR count). The zero-order valence-corrected chi connectivity index (χ0v) is 22.1. The molecule has 1 aromatic heterocycles. The molecular formula is C32H38N4O. The van der Waals surface area contributed by atoms with E-state index < -0.39 is 0 Å². The van der Waals surface area contributed by atoms with E-state index in [0.717, 1.165) is 55.8 Å². The van der Waals surface area contributed by atoms with Crippen molar-refractivity contribution >= 4 is 5.91 Å². The Morgan fingerprint density at radius 1 is 0.784 bits per heavy atom. The highest BCUT2D eigenvalue weighted by atomic mass is 16.2. The van der Waals surface area contributed by atoms with Gasteiger partial charge in [-0.05, 0) is 62.3 Å². The molecule has 4 heterocycles. The number of piperazine rings is 1. The first kappa shape index (κ1) is 24.3. The van der Waals surface area contributed by atoms with Gasteiger partial charge in [-0.2, -0.15) is 0 Å². The van der Waals surface area contributed by atoms with Crippen LogP contribution < -0.4 is 0 Å². The molecule has 1 amide bonds. The van der Waals surface area contributed by atoms with Crippen molar-refractivity contribution in [2.45, 2.75) is 63.7 Å². The third-order valence-corrected chi connectivity index (χ3v) is 8.90. The van der Waals surface area contributed by atoms with Crippen molar-refractivity contribution in [1.29, 1.82) is 0 Å². The molecule has 0 aliphatic carbocycles. The van der Waals surface area contributed by atoms with Gasteiger partial charge in [0.1, 0.15) is 0 Å². The van der Waals surface area contributed by atoms with Crippen LogP contribution in [-0.4, -0.2) is 69.9 Å². The summed E-state index contributed by atoms with van der Waals surface area (Å²) >= 11 is 0. The average molecular weight is 495 g/mol. The van der Waals surface area contributed by atoms with E-state index in [1.807, 2.05) is 19.9 Å². The number of likely N-dealkylation sites (tertiary alicyclic amines) is 2.